The predicted molar refractivity (Wildman–Crippen MR) is 69.7 cm³/mol. The number of anilines is 1. The largest absolute Gasteiger partial charge is 0.381 e. The zero-order valence-electron chi connectivity index (χ0n) is 9.59. The van der Waals surface area contributed by atoms with Crippen LogP contribution in [0.15, 0.2) is 42.5 Å². The number of halogens is 3. The number of rotatable bonds is 4. The molecule has 0 radical (unpaired) electrons. The van der Waals surface area contributed by atoms with Crippen LogP contribution in [0.2, 0.25) is 0 Å². The highest BCUT2D eigenvalue weighted by molar-refractivity contribution is 6.17. The van der Waals surface area contributed by atoms with Crippen LogP contribution in [-0.4, -0.2) is 0 Å². The summed E-state index contributed by atoms with van der Waals surface area (Å²) in [4.78, 5) is 0. The molecule has 0 heterocycles. The Morgan fingerprint density at radius 2 is 1.67 bits per heavy atom. The summed E-state index contributed by atoms with van der Waals surface area (Å²) >= 11 is 5.80. The Bertz CT molecular complexity index is 523. The molecule has 0 spiro atoms. The molecule has 0 atom stereocenters. The summed E-state index contributed by atoms with van der Waals surface area (Å²) < 4.78 is 26.0. The normalized spacial score (nSPS) is 10.4. The lowest BCUT2D eigenvalue weighted by molar-refractivity contribution is 0.580. The first-order valence-electron chi connectivity index (χ1n) is 5.52. The SMILES string of the molecule is Fc1cc(F)cc(CNc2ccccc2CCl)c1. The molecule has 1 N–H and O–H groups in total. The van der Waals surface area contributed by atoms with Crippen molar-refractivity contribution in [1.82, 2.24) is 0 Å². The number of nitrogens with one attached hydrogen (secondary N) is 1. The van der Waals surface area contributed by atoms with E-state index in [-0.39, 0.29) is 0 Å². The number of hydrogen-bond acceptors (Lipinski definition) is 1. The minimum atomic E-state index is -0.572. The molecular formula is C14H12ClF2N. The van der Waals surface area contributed by atoms with Gasteiger partial charge in [-0.25, -0.2) is 8.78 Å². The van der Waals surface area contributed by atoms with Crippen LogP contribution in [-0.2, 0) is 12.4 Å². The van der Waals surface area contributed by atoms with Crippen LogP contribution in [0, 0.1) is 11.6 Å². The van der Waals surface area contributed by atoms with Gasteiger partial charge in [-0.15, -0.1) is 11.6 Å². The van der Waals surface area contributed by atoms with Gasteiger partial charge in [-0.05, 0) is 29.3 Å². The van der Waals surface area contributed by atoms with E-state index in [2.05, 4.69) is 5.32 Å². The average Bonchev–Trinajstić information content (AvgIpc) is 2.35. The van der Waals surface area contributed by atoms with Gasteiger partial charge in [0.05, 0.1) is 0 Å². The number of hydrogen-bond donors (Lipinski definition) is 1. The molecule has 0 aliphatic heterocycles. The summed E-state index contributed by atoms with van der Waals surface area (Å²) in [7, 11) is 0. The monoisotopic (exact) mass is 267 g/mol. The molecule has 0 saturated carbocycles. The zero-order valence-corrected chi connectivity index (χ0v) is 10.3. The van der Waals surface area contributed by atoms with Gasteiger partial charge in [0.15, 0.2) is 0 Å². The van der Waals surface area contributed by atoms with Crippen LogP contribution in [0.5, 0.6) is 0 Å². The topological polar surface area (TPSA) is 12.0 Å². The van der Waals surface area contributed by atoms with Crippen molar-refractivity contribution in [2.45, 2.75) is 12.4 Å². The average molecular weight is 268 g/mol. The molecule has 1 nitrogen and oxygen atoms in total. The molecule has 0 aliphatic carbocycles. The first-order chi connectivity index (χ1) is 8.69. The van der Waals surface area contributed by atoms with Gasteiger partial charge in [-0.3, -0.25) is 0 Å². The lowest BCUT2D eigenvalue weighted by Crippen LogP contribution is -2.02. The van der Waals surface area contributed by atoms with Crippen molar-refractivity contribution in [2.75, 3.05) is 5.32 Å². The fourth-order valence-electron chi connectivity index (χ4n) is 1.72. The van der Waals surface area contributed by atoms with Crippen molar-refractivity contribution in [3.63, 3.8) is 0 Å². The first kappa shape index (κ1) is 12.8. The molecule has 0 aliphatic rings. The van der Waals surface area contributed by atoms with Gasteiger partial charge >= 0.3 is 0 Å². The second kappa shape index (κ2) is 5.83. The van der Waals surface area contributed by atoms with Gasteiger partial charge in [0, 0.05) is 24.2 Å². The second-order valence-electron chi connectivity index (χ2n) is 3.92. The van der Waals surface area contributed by atoms with Crippen LogP contribution in [0.1, 0.15) is 11.1 Å². The molecule has 0 aromatic heterocycles. The second-order valence-corrected chi connectivity index (χ2v) is 4.19. The quantitative estimate of drug-likeness (QED) is 0.814. The molecule has 0 bridgehead atoms. The first-order valence-corrected chi connectivity index (χ1v) is 6.05. The van der Waals surface area contributed by atoms with E-state index in [0.29, 0.717) is 18.0 Å². The van der Waals surface area contributed by atoms with E-state index in [1.807, 2.05) is 24.3 Å². The van der Waals surface area contributed by atoms with Crippen molar-refractivity contribution in [3.8, 4) is 0 Å². The predicted octanol–water partition coefficient (Wildman–Crippen LogP) is 4.32. The van der Waals surface area contributed by atoms with Crippen molar-refractivity contribution in [2.24, 2.45) is 0 Å². The minimum absolute atomic E-state index is 0.350. The fraction of sp³-hybridized carbons (Fsp3) is 0.143. The molecule has 2 aromatic rings. The summed E-state index contributed by atoms with van der Waals surface area (Å²) in [5, 5.41) is 3.12. The molecular weight excluding hydrogens is 256 g/mol. The molecule has 0 unspecified atom stereocenters. The van der Waals surface area contributed by atoms with Gasteiger partial charge < -0.3 is 5.32 Å². The van der Waals surface area contributed by atoms with Crippen LogP contribution >= 0.6 is 11.6 Å². The van der Waals surface area contributed by atoms with E-state index in [1.54, 1.807) is 0 Å². The van der Waals surface area contributed by atoms with E-state index < -0.39 is 11.6 Å². The van der Waals surface area contributed by atoms with Gasteiger partial charge in [-0.2, -0.15) is 0 Å². The molecule has 4 heteroatoms. The summed E-state index contributed by atoms with van der Waals surface area (Å²) in [5.41, 5.74) is 2.38. The number of benzene rings is 2. The molecule has 0 amide bonds. The Morgan fingerprint density at radius 1 is 1.00 bits per heavy atom. The Labute approximate surface area is 109 Å². The standard InChI is InChI=1S/C14H12ClF2N/c15-8-11-3-1-2-4-14(11)18-9-10-5-12(16)7-13(17)6-10/h1-7,18H,8-9H2. The highest BCUT2D eigenvalue weighted by atomic mass is 35.5. The lowest BCUT2D eigenvalue weighted by atomic mass is 10.1. The molecule has 2 rings (SSSR count). The Hall–Kier alpha value is -1.61. The lowest BCUT2D eigenvalue weighted by Gasteiger charge is -2.10. The van der Waals surface area contributed by atoms with Crippen LogP contribution in [0.4, 0.5) is 14.5 Å². The smallest absolute Gasteiger partial charge is 0.126 e. The number of para-hydroxylation sites is 1. The number of alkyl halides is 1. The van der Waals surface area contributed by atoms with Crippen LogP contribution < -0.4 is 5.32 Å². The van der Waals surface area contributed by atoms with E-state index in [9.17, 15) is 8.78 Å². The van der Waals surface area contributed by atoms with Gasteiger partial charge in [-0.1, -0.05) is 18.2 Å². The summed E-state index contributed by atoms with van der Waals surface area (Å²) in [6.07, 6.45) is 0. The van der Waals surface area contributed by atoms with E-state index in [1.165, 1.54) is 12.1 Å². The highest BCUT2D eigenvalue weighted by Gasteiger charge is 2.03. The van der Waals surface area contributed by atoms with E-state index in [0.717, 1.165) is 17.3 Å². The molecule has 0 saturated heterocycles. The van der Waals surface area contributed by atoms with Crippen molar-refractivity contribution >= 4 is 17.3 Å². The third-order valence-electron chi connectivity index (χ3n) is 2.57. The van der Waals surface area contributed by atoms with Gasteiger partial charge in [0.2, 0.25) is 0 Å². The summed E-state index contributed by atoms with van der Waals surface area (Å²) in [6, 6.07) is 11.0. The third-order valence-corrected chi connectivity index (χ3v) is 2.85. The van der Waals surface area contributed by atoms with Crippen LogP contribution in [0.25, 0.3) is 0 Å². The maximum Gasteiger partial charge on any atom is 0.126 e. The molecule has 18 heavy (non-hydrogen) atoms. The summed E-state index contributed by atoms with van der Waals surface area (Å²) in [6.45, 7) is 0.350. The fourth-order valence-corrected chi connectivity index (χ4v) is 1.95. The maximum absolute atomic E-state index is 13.0. The van der Waals surface area contributed by atoms with Crippen molar-refractivity contribution < 1.29 is 8.78 Å². The molecule has 94 valence electrons. The molecule has 2 aromatic carbocycles. The van der Waals surface area contributed by atoms with Gasteiger partial charge in [0.1, 0.15) is 11.6 Å². The zero-order chi connectivity index (χ0) is 13.0. The van der Waals surface area contributed by atoms with Crippen molar-refractivity contribution in [1.29, 1.82) is 0 Å². The third kappa shape index (κ3) is 3.20. The Balaban J connectivity index is 2.11. The Morgan fingerprint density at radius 3 is 2.33 bits per heavy atom. The molecule has 0 fully saturated rings. The van der Waals surface area contributed by atoms with Crippen molar-refractivity contribution in [3.05, 3.63) is 65.2 Å². The van der Waals surface area contributed by atoms with Gasteiger partial charge in [0.25, 0.3) is 0 Å². The van der Waals surface area contributed by atoms with Crippen LogP contribution in [0.3, 0.4) is 0 Å². The minimum Gasteiger partial charge on any atom is -0.381 e. The Kier molecular flexibility index (Phi) is 4.15. The highest BCUT2D eigenvalue weighted by Crippen LogP contribution is 2.18. The van der Waals surface area contributed by atoms with E-state index >= 15 is 0 Å². The maximum atomic E-state index is 13.0. The summed E-state index contributed by atoms with van der Waals surface area (Å²) in [5.74, 6) is -0.754. The van der Waals surface area contributed by atoms with E-state index in [4.69, 9.17) is 11.6 Å².